The van der Waals surface area contributed by atoms with Gasteiger partial charge in [-0.2, -0.15) is 5.10 Å². The smallest absolute Gasteiger partial charge is 0.343 e. The maximum Gasteiger partial charge on any atom is 0.343 e. The number of benzene rings is 2. The van der Waals surface area contributed by atoms with Gasteiger partial charge in [-0.3, -0.25) is 4.79 Å². The molecule has 0 fully saturated rings. The Morgan fingerprint density at radius 2 is 1.97 bits per heavy atom. The van der Waals surface area contributed by atoms with Gasteiger partial charge in [-0.25, -0.2) is 10.2 Å². The van der Waals surface area contributed by atoms with Crippen molar-refractivity contribution in [2.45, 2.75) is 6.92 Å². The number of carbonyl (C=O) groups is 2. The second-order valence-corrected chi connectivity index (χ2v) is 7.50. The molecule has 1 amide bonds. The van der Waals surface area contributed by atoms with Crippen LogP contribution >= 0.6 is 22.6 Å². The summed E-state index contributed by atoms with van der Waals surface area (Å²) in [4.78, 5) is 23.7. The standard InChI is InChI=1S/C22H21IN2O7/c1-4-30-15-5-6-17-14(9-15)10-19(32-17)22(27)25-24-11-13-7-16(23)21(18(8-13)28-2)31-12-20(26)29-3/h5-11H,4,12H2,1-3H3,(H,25,27)/b24-11+. The van der Waals surface area contributed by atoms with E-state index in [2.05, 4.69) is 37.9 Å². The van der Waals surface area contributed by atoms with Crippen molar-refractivity contribution >= 4 is 51.7 Å². The van der Waals surface area contributed by atoms with E-state index >= 15 is 0 Å². The zero-order valence-electron chi connectivity index (χ0n) is 17.6. The number of rotatable bonds is 9. The molecular weight excluding hydrogens is 531 g/mol. The van der Waals surface area contributed by atoms with E-state index in [0.717, 1.165) is 5.39 Å². The number of hydrazone groups is 1. The molecule has 3 aromatic rings. The lowest BCUT2D eigenvalue weighted by molar-refractivity contribution is -0.142. The quantitative estimate of drug-likeness (QED) is 0.186. The number of furan rings is 1. The molecule has 0 saturated heterocycles. The van der Waals surface area contributed by atoms with Crippen molar-refractivity contribution in [3.05, 3.63) is 51.3 Å². The zero-order valence-corrected chi connectivity index (χ0v) is 19.8. The van der Waals surface area contributed by atoms with Gasteiger partial charge in [-0.05, 0) is 71.5 Å². The number of halogens is 1. The fourth-order valence-corrected chi connectivity index (χ4v) is 3.54. The zero-order chi connectivity index (χ0) is 23.1. The first-order valence-corrected chi connectivity index (χ1v) is 10.6. The maximum atomic E-state index is 12.4. The highest BCUT2D eigenvalue weighted by atomic mass is 127. The van der Waals surface area contributed by atoms with Gasteiger partial charge < -0.3 is 23.4 Å². The number of hydrogen-bond donors (Lipinski definition) is 1. The molecule has 0 bridgehead atoms. The van der Waals surface area contributed by atoms with Crippen LogP contribution in [0.15, 0.2) is 45.9 Å². The SMILES string of the molecule is CCOc1ccc2oc(C(=O)N/N=C/c3cc(I)c(OCC(=O)OC)c(OC)c3)cc2c1. The average molecular weight is 552 g/mol. The molecular formula is C22H21IN2O7. The van der Waals surface area contributed by atoms with Crippen LogP contribution in [0.2, 0.25) is 0 Å². The van der Waals surface area contributed by atoms with E-state index in [1.807, 2.05) is 6.92 Å². The summed E-state index contributed by atoms with van der Waals surface area (Å²) in [5.74, 6) is 0.660. The van der Waals surface area contributed by atoms with Crippen LogP contribution in [-0.2, 0) is 9.53 Å². The predicted molar refractivity (Wildman–Crippen MR) is 126 cm³/mol. The van der Waals surface area contributed by atoms with E-state index < -0.39 is 11.9 Å². The topological polar surface area (TPSA) is 109 Å². The molecule has 10 heteroatoms. The summed E-state index contributed by atoms with van der Waals surface area (Å²) in [7, 11) is 2.77. The van der Waals surface area contributed by atoms with Gasteiger partial charge in [0.05, 0.1) is 30.6 Å². The summed E-state index contributed by atoms with van der Waals surface area (Å²) in [6.07, 6.45) is 1.46. The van der Waals surface area contributed by atoms with Crippen molar-refractivity contribution < 1.29 is 33.0 Å². The second-order valence-electron chi connectivity index (χ2n) is 6.34. The number of carbonyl (C=O) groups excluding carboxylic acids is 2. The van der Waals surface area contributed by atoms with Gasteiger partial charge in [0.25, 0.3) is 0 Å². The summed E-state index contributed by atoms with van der Waals surface area (Å²) in [5.41, 5.74) is 3.67. The Balaban J connectivity index is 1.69. The van der Waals surface area contributed by atoms with Crippen LogP contribution in [0, 0.1) is 3.57 Å². The Hall–Kier alpha value is -3.28. The average Bonchev–Trinajstić information content (AvgIpc) is 3.21. The Morgan fingerprint density at radius 1 is 1.16 bits per heavy atom. The largest absolute Gasteiger partial charge is 0.494 e. The van der Waals surface area contributed by atoms with Gasteiger partial charge >= 0.3 is 11.9 Å². The molecule has 0 aliphatic heterocycles. The highest BCUT2D eigenvalue weighted by molar-refractivity contribution is 14.1. The number of ether oxygens (including phenoxy) is 4. The first-order chi connectivity index (χ1) is 15.4. The molecule has 168 valence electrons. The van der Waals surface area contributed by atoms with Crippen molar-refractivity contribution in [2.24, 2.45) is 5.10 Å². The van der Waals surface area contributed by atoms with Crippen LogP contribution in [0.1, 0.15) is 23.0 Å². The highest BCUT2D eigenvalue weighted by Gasteiger charge is 2.14. The Morgan fingerprint density at radius 3 is 2.69 bits per heavy atom. The molecule has 9 nitrogen and oxygen atoms in total. The van der Waals surface area contributed by atoms with E-state index in [9.17, 15) is 9.59 Å². The van der Waals surface area contributed by atoms with Crippen molar-refractivity contribution in [3.63, 3.8) is 0 Å². The van der Waals surface area contributed by atoms with E-state index in [4.69, 9.17) is 18.6 Å². The van der Waals surface area contributed by atoms with E-state index in [1.54, 1.807) is 36.4 Å². The number of methoxy groups -OCH3 is 2. The lowest BCUT2D eigenvalue weighted by Crippen LogP contribution is -2.16. The summed E-state index contributed by atoms with van der Waals surface area (Å²) in [6.45, 7) is 2.21. The van der Waals surface area contributed by atoms with Gasteiger partial charge in [0, 0.05) is 5.39 Å². The van der Waals surface area contributed by atoms with E-state index in [1.165, 1.54) is 20.4 Å². The fourth-order valence-electron chi connectivity index (χ4n) is 2.75. The molecule has 1 N–H and O–H groups in total. The molecule has 0 atom stereocenters. The monoisotopic (exact) mass is 552 g/mol. The highest BCUT2D eigenvalue weighted by Crippen LogP contribution is 2.33. The lowest BCUT2D eigenvalue weighted by atomic mass is 10.2. The molecule has 0 unspecified atom stereocenters. The number of fused-ring (bicyclic) bond motifs is 1. The third-order valence-corrected chi connectivity index (χ3v) is 5.02. The molecule has 0 aliphatic carbocycles. The van der Waals surface area contributed by atoms with Crippen LogP contribution in [0.3, 0.4) is 0 Å². The molecule has 2 aromatic carbocycles. The van der Waals surface area contributed by atoms with Gasteiger partial charge in [0.15, 0.2) is 23.9 Å². The van der Waals surface area contributed by atoms with Crippen molar-refractivity contribution in [1.82, 2.24) is 5.43 Å². The van der Waals surface area contributed by atoms with E-state index in [-0.39, 0.29) is 12.4 Å². The normalized spacial score (nSPS) is 10.9. The van der Waals surface area contributed by atoms with Crippen LogP contribution in [0.25, 0.3) is 11.0 Å². The minimum absolute atomic E-state index is 0.129. The van der Waals surface area contributed by atoms with Crippen LogP contribution in [-0.4, -0.2) is 45.5 Å². The van der Waals surface area contributed by atoms with Gasteiger partial charge in [0.1, 0.15) is 11.3 Å². The molecule has 1 heterocycles. The molecule has 32 heavy (non-hydrogen) atoms. The second kappa shape index (κ2) is 10.8. The fraction of sp³-hybridized carbons (Fsp3) is 0.227. The van der Waals surface area contributed by atoms with Crippen LogP contribution < -0.4 is 19.6 Å². The van der Waals surface area contributed by atoms with Crippen molar-refractivity contribution in [1.29, 1.82) is 0 Å². The van der Waals surface area contributed by atoms with E-state index in [0.29, 0.717) is 38.6 Å². The number of hydrogen-bond acceptors (Lipinski definition) is 8. The number of amides is 1. The third kappa shape index (κ3) is 5.69. The Kier molecular flexibility index (Phi) is 7.92. The lowest BCUT2D eigenvalue weighted by Gasteiger charge is -2.12. The van der Waals surface area contributed by atoms with Crippen molar-refractivity contribution in [2.75, 3.05) is 27.4 Å². The van der Waals surface area contributed by atoms with Gasteiger partial charge in [0.2, 0.25) is 0 Å². The molecule has 0 spiro atoms. The summed E-state index contributed by atoms with van der Waals surface area (Å²) in [5, 5.41) is 4.74. The van der Waals surface area contributed by atoms with Gasteiger partial charge in [-0.1, -0.05) is 0 Å². The third-order valence-electron chi connectivity index (χ3n) is 4.22. The molecule has 0 aliphatic rings. The van der Waals surface area contributed by atoms with Gasteiger partial charge in [-0.15, -0.1) is 0 Å². The number of nitrogens with one attached hydrogen (secondary N) is 1. The number of esters is 1. The molecule has 1 aromatic heterocycles. The first-order valence-electron chi connectivity index (χ1n) is 9.52. The molecule has 3 rings (SSSR count). The number of nitrogens with zero attached hydrogens (tertiary/aromatic N) is 1. The maximum absolute atomic E-state index is 12.4. The summed E-state index contributed by atoms with van der Waals surface area (Å²) in [6, 6.07) is 10.4. The van der Waals surface area contributed by atoms with Crippen LogP contribution in [0.5, 0.6) is 17.2 Å². The molecule has 0 radical (unpaired) electrons. The Bertz CT molecular complexity index is 1160. The van der Waals surface area contributed by atoms with Crippen LogP contribution in [0.4, 0.5) is 0 Å². The Labute approximate surface area is 197 Å². The van der Waals surface area contributed by atoms with Crippen molar-refractivity contribution in [3.8, 4) is 17.2 Å². The minimum atomic E-state index is -0.504. The minimum Gasteiger partial charge on any atom is -0.494 e. The molecule has 0 saturated carbocycles. The summed E-state index contributed by atoms with van der Waals surface area (Å²) >= 11 is 2.05. The summed E-state index contributed by atoms with van der Waals surface area (Å²) < 4.78 is 27.1. The predicted octanol–water partition coefficient (Wildman–Crippen LogP) is 3.76. The first kappa shape index (κ1) is 23.4.